The van der Waals surface area contributed by atoms with Gasteiger partial charge < -0.3 is 9.80 Å². The molecule has 0 N–H and O–H groups in total. The van der Waals surface area contributed by atoms with Gasteiger partial charge in [0, 0.05) is 13.6 Å². The smallest absolute Gasteiger partial charge is 0.246 e. The number of likely N-dealkylation sites (N-methyl/N-ethyl adjacent to an activating group) is 1. The highest BCUT2D eigenvalue weighted by Gasteiger charge is 2.39. The van der Waals surface area contributed by atoms with Crippen molar-refractivity contribution >= 4 is 11.8 Å². The van der Waals surface area contributed by atoms with Crippen molar-refractivity contribution in [1.29, 1.82) is 0 Å². The molecule has 1 aliphatic heterocycles. The average Bonchev–Trinajstić information content (AvgIpc) is 2.43. The molecule has 0 aromatic heterocycles. The molecule has 0 aliphatic carbocycles. The minimum Gasteiger partial charge on any atom is -0.332 e. The summed E-state index contributed by atoms with van der Waals surface area (Å²) in [7, 11) is 1.63. The number of aryl methyl sites for hydroxylation is 1. The lowest BCUT2D eigenvalue weighted by atomic mass is 10.1. The second-order valence-corrected chi connectivity index (χ2v) is 5.35. The standard InChI is InChI=1S/C15H19FN2O2/c1-9-5-6-12(7-13(9)16)8-18-11(3)14(19)17(4)10(2)15(18)20/h5-7,10-11H,8H2,1-4H3/t10-,11-/m0/s1. The Morgan fingerprint density at radius 1 is 1.15 bits per heavy atom. The molecule has 1 heterocycles. The number of rotatable bonds is 2. The van der Waals surface area contributed by atoms with Crippen molar-refractivity contribution in [2.45, 2.75) is 39.4 Å². The summed E-state index contributed by atoms with van der Waals surface area (Å²) in [5, 5.41) is 0. The molecule has 1 aromatic carbocycles. The Labute approximate surface area is 118 Å². The minimum atomic E-state index is -0.520. The lowest BCUT2D eigenvalue weighted by Crippen LogP contribution is -2.61. The first kappa shape index (κ1) is 14.5. The van der Waals surface area contributed by atoms with Crippen LogP contribution in [0.25, 0.3) is 0 Å². The van der Waals surface area contributed by atoms with Gasteiger partial charge in [-0.3, -0.25) is 9.59 Å². The van der Waals surface area contributed by atoms with Crippen molar-refractivity contribution in [3.63, 3.8) is 0 Å². The van der Waals surface area contributed by atoms with Crippen LogP contribution in [-0.2, 0) is 16.1 Å². The number of carbonyl (C=O) groups excluding carboxylic acids is 2. The fourth-order valence-corrected chi connectivity index (χ4v) is 2.36. The molecule has 2 amide bonds. The van der Waals surface area contributed by atoms with E-state index in [-0.39, 0.29) is 24.2 Å². The summed E-state index contributed by atoms with van der Waals surface area (Å²) >= 11 is 0. The van der Waals surface area contributed by atoms with Crippen LogP contribution in [0.5, 0.6) is 0 Å². The number of benzene rings is 1. The quantitative estimate of drug-likeness (QED) is 0.826. The number of halogens is 1. The highest BCUT2D eigenvalue weighted by Crippen LogP contribution is 2.20. The van der Waals surface area contributed by atoms with Crippen LogP contribution in [0.15, 0.2) is 18.2 Å². The van der Waals surface area contributed by atoms with Gasteiger partial charge in [0.15, 0.2) is 0 Å². The molecule has 1 saturated heterocycles. The first-order valence-electron chi connectivity index (χ1n) is 6.65. The summed E-state index contributed by atoms with van der Waals surface area (Å²) in [6.07, 6.45) is 0. The number of carbonyl (C=O) groups is 2. The van der Waals surface area contributed by atoms with E-state index in [9.17, 15) is 14.0 Å². The summed E-state index contributed by atoms with van der Waals surface area (Å²) in [6, 6.07) is 3.89. The third kappa shape index (κ3) is 2.40. The summed E-state index contributed by atoms with van der Waals surface area (Å²) in [6.45, 7) is 5.34. The molecule has 2 rings (SSSR count). The molecule has 4 nitrogen and oxygen atoms in total. The van der Waals surface area contributed by atoms with Gasteiger partial charge in [0.05, 0.1) is 0 Å². The Morgan fingerprint density at radius 3 is 2.40 bits per heavy atom. The Bertz CT molecular complexity index is 559. The van der Waals surface area contributed by atoms with E-state index in [1.165, 1.54) is 15.9 Å². The molecule has 108 valence electrons. The number of amides is 2. The van der Waals surface area contributed by atoms with Crippen LogP contribution in [0.3, 0.4) is 0 Å². The van der Waals surface area contributed by atoms with E-state index in [2.05, 4.69) is 0 Å². The van der Waals surface area contributed by atoms with Crippen molar-refractivity contribution in [2.75, 3.05) is 7.05 Å². The molecule has 0 bridgehead atoms. The largest absolute Gasteiger partial charge is 0.332 e. The zero-order valence-corrected chi connectivity index (χ0v) is 12.2. The van der Waals surface area contributed by atoms with Gasteiger partial charge in [-0.2, -0.15) is 0 Å². The lowest BCUT2D eigenvalue weighted by molar-refractivity contribution is -0.159. The Morgan fingerprint density at radius 2 is 1.80 bits per heavy atom. The van der Waals surface area contributed by atoms with E-state index in [1.807, 2.05) is 0 Å². The molecule has 0 saturated carbocycles. The van der Waals surface area contributed by atoms with E-state index >= 15 is 0 Å². The predicted octanol–water partition coefficient (Wildman–Crippen LogP) is 1.71. The summed E-state index contributed by atoms with van der Waals surface area (Å²) < 4.78 is 13.6. The normalized spacial score (nSPS) is 23.4. The van der Waals surface area contributed by atoms with Gasteiger partial charge in [0.2, 0.25) is 11.8 Å². The molecular weight excluding hydrogens is 259 g/mol. The number of hydrogen-bond acceptors (Lipinski definition) is 2. The molecule has 1 aromatic rings. The maximum atomic E-state index is 13.6. The maximum absolute atomic E-state index is 13.6. The van der Waals surface area contributed by atoms with Gasteiger partial charge in [-0.05, 0) is 38.0 Å². The zero-order chi connectivity index (χ0) is 15.0. The van der Waals surface area contributed by atoms with Gasteiger partial charge in [0.25, 0.3) is 0 Å². The topological polar surface area (TPSA) is 40.6 Å². The molecule has 2 atom stereocenters. The molecule has 1 aliphatic rings. The average molecular weight is 278 g/mol. The van der Waals surface area contributed by atoms with Gasteiger partial charge >= 0.3 is 0 Å². The minimum absolute atomic E-state index is 0.0929. The first-order chi connectivity index (χ1) is 9.32. The SMILES string of the molecule is Cc1ccc(CN2C(=O)[C@H](C)N(C)C(=O)[C@@H]2C)cc1F. The van der Waals surface area contributed by atoms with E-state index in [1.54, 1.807) is 40.0 Å². The highest BCUT2D eigenvalue weighted by molar-refractivity contribution is 5.96. The third-order valence-corrected chi connectivity index (χ3v) is 3.98. The number of piperazine rings is 1. The molecule has 5 heteroatoms. The predicted molar refractivity (Wildman–Crippen MR) is 73.4 cm³/mol. The van der Waals surface area contributed by atoms with Crippen molar-refractivity contribution < 1.29 is 14.0 Å². The van der Waals surface area contributed by atoms with E-state index < -0.39 is 12.1 Å². The maximum Gasteiger partial charge on any atom is 0.246 e. The zero-order valence-electron chi connectivity index (χ0n) is 12.2. The molecular formula is C15H19FN2O2. The molecule has 0 unspecified atom stereocenters. The van der Waals surface area contributed by atoms with Crippen molar-refractivity contribution in [1.82, 2.24) is 9.80 Å². The molecule has 20 heavy (non-hydrogen) atoms. The molecule has 1 fully saturated rings. The van der Waals surface area contributed by atoms with Crippen molar-refractivity contribution in [3.05, 3.63) is 35.1 Å². The molecule has 0 radical (unpaired) electrons. The van der Waals surface area contributed by atoms with Crippen LogP contribution in [0.2, 0.25) is 0 Å². The first-order valence-corrected chi connectivity index (χ1v) is 6.65. The monoisotopic (exact) mass is 278 g/mol. The summed E-state index contributed by atoms with van der Waals surface area (Å²) in [5.74, 6) is -0.499. The Balaban J connectivity index is 2.25. The number of hydrogen-bond donors (Lipinski definition) is 0. The van der Waals surface area contributed by atoms with Crippen LogP contribution in [0, 0.1) is 12.7 Å². The summed E-state index contributed by atoms with van der Waals surface area (Å²) in [5.41, 5.74) is 1.26. The van der Waals surface area contributed by atoms with E-state index in [4.69, 9.17) is 0 Å². The second-order valence-electron chi connectivity index (χ2n) is 5.35. The van der Waals surface area contributed by atoms with Gasteiger partial charge in [-0.1, -0.05) is 12.1 Å². The van der Waals surface area contributed by atoms with Crippen LogP contribution in [-0.4, -0.2) is 40.7 Å². The van der Waals surface area contributed by atoms with E-state index in [0.29, 0.717) is 11.1 Å². The fourth-order valence-electron chi connectivity index (χ4n) is 2.36. The third-order valence-electron chi connectivity index (χ3n) is 3.98. The van der Waals surface area contributed by atoms with Crippen molar-refractivity contribution in [3.8, 4) is 0 Å². The van der Waals surface area contributed by atoms with Crippen LogP contribution in [0.1, 0.15) is 25.0 Å². The van der Waals surface area contributed by atoms with Crippen molar-refractivity contribution in [2.24, 2.45) is 0 Å². The second kappa shape index (κ2) is 5.23. The number of nitrogens with zero attached hydrogens (tertiary/aromatic N) is 2. The van der Waals surface area contributed by atoms with Crippen LogP contribution < -0.4 is 0 Å². The van der Waals surface area contributed by atoms with Gasteiger partial charge in [0.1, 0.15) is 17.9 Å². The van der Waals surface area contributed by atoms with Gasteiger partial charge in [-0.15, -0.1) is 0 Å². The highest BCUT2D eigenvalue weighted by atomic mass is 19.1. The summed E-state index contributed by atoms with van der Waals surface area (Å²) in [4.78, 5) is 27.3. The Hall–Kier alpha value is -1.91. The Kier molecular flexibility index (Phi) is 3.79. The fraction of sp³-hybridized carbons (Fsp3) is 0.467. The van der Waals surface area contributed by atoms with E-state index in [0.717, 1.165) is 0 Å². The van der Waals surface area contributed by atoms with Crippen LogP contribution >= 0.6 is 0 Å². The molecule has 0 spiro atoms. The van der Waals surface area contributed by atoms with Gasteiger partial charge in [-0.25, -0.2) is 4.39 Å². The van der Waals surface area contributed by atoms with Crippen LogP contribution in [0.4, 0.5) is 4.39 Å². The lowest BCUT2D eigenvalue weighted by Gasteiger charge is -2.41.